The van der Waals surface area contributed by atoms with Gasteiger partial charge < -0.3 is 19.8 Å². The summed E-state index contributed by atoms with van der Waals surface area (Å²) in [7, 11) is 0. The van der Waals surface area contributed by atoms with Gasteiger partial charge in [-0.3, -0.25) is 4.99 Å². The molecule has 1 aromatic rings. The van der Waals surface area contributed by atoms with Gasteiger partial charge >= 0.3 is 0 Å². The van der Waals surface area contributed by atoms with Crippen LogP contribution in [0.2, 0.25) is 0 Å². The molecular formula is C20H36IN3O2. The Morgan fingerprint density at radius 2 is 2.04 bits per heavy atom. The molecule has 0 amide bonds. The summed E-state index contributed by atoms with van der Waals surface area (Å²) in [5.74, 6) is 2.38. The Morgan fingerprint density at radius 3 is 2.69 bits per heavy atom. The van der Waals surface area contributed by atoms with Gasteiger partial charge in [0.05, 0.1) is 12.4 Å². The van der Waals surface area contributed by atoms with Crippen molar-refractivity contribution >= 4 is 29.9 Å². The third-order valence-electron chi connectivity index (χ3n) is 4.57. The van der Waals surface area contributed by atoms with Gasteiger partial charge in [0, 0.05) is 38.6 Å². The van der Waals surface area contributed by atoms with E-state index in [0.717, 1.165) is 57.2 Å². The first kappa shape index (κ1) is 23.3. The molecule has 1 aromatic heterocycles. The fraction of sp³-hybridized carbons (Fsp3) is 0.750. The van der Waals surface area contributed by atoms with E-state index in [0.29, 0.717) is 5.92 Å². The Balaban J connectivity index is 0.00000338. The Kier molecular flexibility index (Phi) is 10.6. The zero-order valence-corrected chi connectivity index (χ0v) is 19.0. The summed E-state index contributed by atoms with van der Waals surface area (Å²) in [5, 5.41) is 6.83. The van der Waals surface area contributed by atoms with Crippen LogP contribution in [0.4, 0.5) is 0 Å². The van der Waals surface area contributed by atoms with E-state index in [1.165, 1.54) is 6.42 Å². The number of rotatable bonds is 7. The monoisotopic (exact) mass is 477 g/mol. The van der Waals surface area contributed by atoms with E-state index < -0.39 is 0 Å². The molecule has 26 heavy (non-hydrogen) atoms. The van der Waals surface area contributed by atoms with Gasteiger partial charge in [-0.05, 0) is 36.8 Å². The Hall–Kier alpha value is -0.760. The number of ether oxygens (including phenoxy) is 1. The number of hydrogen-bond donors (Lipinski definition) is 2. The highest BCUT2D eigenvalue weighted by Crippen LogP contribution is 2.34. The van der Waals surface area contributed by atoms with Gasteiger partial charge in [-0.1, -0.05) is 27.7 Å². The first-order valence-electron chi connectivity index (χ1n) is 9.67. The third kappa shape index (κ3) is 7.86. The SMILES string of the molecule is CCCNC(=NCC1CCCOC1C(C)(C)C)NCCc1ccco1.I. The minimum absolute atomic E-state index is 0. The molecule has 2 heterocycles. The molecule has 2 N–H and O–H groups in total. The highest BCUT2D eigenvalue weighted by atomic mass is 127. The number of halogens is 1. The first-order valence-corrected chi connectivity index (χ1v) is 9.67. The molecule has 0 radical (unpaired) electrons. The van der Waals surface area contributed by atoms with Crippen molar-refractivity contribution in [2.75, 3.05) is 26.2 Å². The van der Waals surface area contributed by atoms with Gasteiger partial charge in [0.2, 0.25) is 0 Å². The van der Waals surface area contributed by atoms with Crippen LogP contribution in [0.25, 0.3) is 0 Å². The molecule has 1 aliphatic rings. The summed E-state index contributed by atoms with van der Waals surface area (Å²) in [6.45, 7) is 12.4. The van der Waals surface area contributed by atoms with Gasteiger partial charge in [-0.15, -0.1) is 24.0 Å². The quantitative estimate of drug-likeness (QED) is 0.351. The summed E-state index contributed by atoms with van der Waals surface area (Å²) in [5.41, 5.74) is 0.157. The molecule has 150 valence electrons. The number of nitrogens with one attached hydrogen (secondary N) is 2. The standard InChI is InChI=1S/C20H35N3O2.HI/c1-5-11-21-19(22-12-10-17-9-7-13-24-17)23-15-16-8-6-14-25-18(16)20(2,3)4;/h7,9,13,16,18H,5-6,8,10-12,14-15H2,1-4H3,(H2,21,22,23);1H. The van der Waals surface area contributed by atoms with E-state index in [1.54, 1.807) is 6.26 Å². The molecule has 1 saturated heterocycles. The summed E-state index contributed by atoms with van der Waals surface area (Å²) in [6, 6.07) is 3.93. The summed E-state index contributed by atoms with van der Waals surface area (Å²) < 4.78 is 11.5. The van der Waals surface area contributed by atoms with E-state index in [1.807, 2.05) is 12.1 Å². The topological polar surface area (TPSA) is 58.8 Å². The lowest BCUT2D eigenvalue weighted by molar-refractivity contribution is -0.0823. The second-order valence-electron chi connectivity index (χ2n) is 7.93. The van der Waals surface area contributed by atoms with Crippen LogP contribution in [0.5, 0.6) is 0 Å². The Morgan fingerprint density at radius 1 is 1.27 bits per heavy atom. The van der Waals surface area contributed by atoms with Crippen LogP contribution in [0.15, 0.2) is 27.8 Å². The Bertz CT molecular complexity index is 512. The van der Waals surface area contributed by atoms with Gasteiger partial charge in [0.1, 0.15) is 5.76 Å². The average Bonchev–Trinajstić information content (AvgIpc) is 3.09. The van der Waals surface area contributed by atoms with Crippen LogP contribution in [-0.2, 0) is 11.2 Å². The highest BCUT2D eigenvalue weighted by molar-refractivity contribution is 14.0. The number of guanidine groups is 1. The number of nitrogens with zero attached hydrogens (tertiary/aromatic N) is 1. The smallest absolute Gasteiger partial charge is 0.191 e. The second-order valence-corrected chi connectivity index (χ2v) is 7.93. The van der Waals surface area contributed by atoms with Crippen molar-refractivity contribution in [1.29, 1.82) is 0 Å². The van der Waals surface area contributed by atoms with E-state index >= 15 is 0 Å². The lowest BCUT2D eigenvalue weighted by atomic mass is 9.78. The minimum Gasteiger partial charge on any atom is -0.469 e. The molecule has 6 heteroatoms. The molecule has 2 rings (SSSR count). The maximum atomic E-state index is 6.08. The van der Waals surface area contributed by atoms with Crippen molar-refractivity contribution in [1.82, 2.24) is 10.6 Å². The van der Waals surface area contributed by atoms with Gasteiger partial charge in [0.15, 0.2) is 5.96 Å². The van der Waals surface area contributed by atoms with Gasteiger partial charge in [-0.25, -0.2) is 0 Å². The highest BCUT2D eigenvalue weighted by Gasteiger charge is 2.35. The van der Waals surface area contributed by atoms with Crippen molar-refractivity contribution < 1.29 is 9.15 Å². The van der Waals surface area contributed by atoms with Gasteiger partial charge in [0.25, 0.3) is 0 Å². The van der Waals surface area contributed by atoms with Crippen LogP contribution in [0, 0.1) is 11.3 Å². The zero-order valence-electron chi connectivity index (χ0n) is 16.7. The number of hydrogen-bond acceptors (Lipinski definition) is 3. The molecule has 0 bridgehead atoms. The van der Waals surface area contributed by atoms with Crippen molar-refractivity contribution in [2.45, 2.75) is 59.5 Å². The molecule has 0 aliphatic carbocycles. The second kappa shape index (κ2) is 11.8. The van der Waals surface area contributed by atoms with Crippen LogP contribution in [-0.4, -0.2) is 38.3 Å². The molecule has 5 nitrogen and oxygen atoms in total. The zero-order chi connectivity index (χ0) is 18.1. The minimum atomic E-state index is 0. The van der Waals surface area contributed by atoms with E-state index in [-0.39, 0.29) is 35.5 Å². The lowest BCUT2D eigenvalue weighted by Crippen LogP contribution is -2.43. The van der Waals surface area contributed by atoms with Crippen molar-refractivity contribution in [3.8, 4) is 0 Å². The van der Waals surface area contributed by atoms with E-state index in [9.17, 15) is 0 Å². The first-order chi connectivity index (χ1) is 12.0. The average molecular weight is 477 g/mol. The summed E-state index contributed by atoms with van der Waals surface area (Å²) >= 11 is 0. The van der Waals surface area contributed by atoms with Crippen molar-refractivity contribution in [3.05, 3.63) is 24.2 Å². The molecule has 1 fully saturated rings. The molecular weight excluding hydrogens is 441 g/mol. The Labute approximate surface area is 175 Å². The fourth-order valence-electron chi connectivity index (χ4n) is 3.37. The predicted octanol–water partition coefficient (Wildman–Crippen LogP) is 4.23. The van der Waals surface area contributed by atoms with Crippen LogP contribution in [0.3, 0.4) is 0 Å². The van der Waals surface area contributed by atoms with Crippen molar-refractivity contribution in [2.24, 2.45) is 16.3 Å². The maximum Gasteiger partial charge on any atom is 0.191 e. The molecule has 1 aliphatic heterocycles. The summed E-state index contributed by atoms with van der Waals surface area (Å²) in [4.78, 5) is 4.85. The van der Waals surface area contributed by atoms with E-state index in [4.69, 9.17) is 14.1 Å². The number of aliphatic imine (C=N–C) groups is 1. The largest absolute Gasteiger partial charge is 0.469 e. The predicted molar refractivity (Wildman–Crippen MR) is 118 cm³/mol. The summed E-state index contributed by atoms with van der Waals surface area (Å²) in [6.07, 6.45) is 6.26. The molecule has 0 spiro atoms. The van der Waals surface area contributed by atoms with Crippen LogP contribution in [0.1, 0.15) is 52.7 Å². The molecule has 0 saturated carbocycles. The molecule has 2 atom stereocenters. The molecule has 0 aromatic carbocycles. The van der Waals surface area contributed by atoms with E-state index in [2.05, 4.69) is 38.3 Å². The van der Waals surface area contributed by atoms with Gasteiger partial charge in [-0.2, -0.15) is 0 Å². The molecule has 2 unspecified atom stereocenters. The van der Waals surface area contributed by atoms with Crippen LogP contribution >= 0.6 is 24.0 Å². The lowest BCUT2D eigenvalue weighted by Gasteiger charge is -2.39. The normalized spacial score (nSPS) is 21.2. The fourth-order valence-corrected chi connectivity index (χ4v) is 3.37. The third-order valence-corrected chi connectivity index (χ3v) is 4.57. The van der Waals surface area contributed by atoms with Crippen molar-refractivity contribution in [3.63, 3.8) is 0 Å². The maximum absolute atomic E-state index is 6.08. The van der Waals surface area contributed by atoms with Crippen LogP contribution < -0.4 is 10.6 Å². The number of furan rings is 1.